The maximum absolute atomic E-state index is 13.2. The fourth-order valence-electron chi connectivity index (χ4n) is 3.63. The van der Waals surface area contributed by atoms with Crippen LogP contribution < -0.4 is 16.8 Å². The van der Waals surface area contributed by atoms with Crippen LogP contribution in [0.3, 0.4) is 0 Å². The second-order valence-electron chi connectivity index (χ2n) is 8.04. The van der Waals surface area contributed by atoms with E-state index >= 15 is 0 Å². The van der Waals surface area contributed by atoms with Crippen LogP contribution in [0.25, 0.3) is 11.1 Å². The standard InChI is InChI=1S/C25H26N6O2S2/c1-15-8-10-18(11-9-15)19-14-35-23(20(19)21(26)32)28-22(33)16(2)31-24(27)29-30-25(31)34-13-12-17-6-4-3-5-7-17/h3-11,14,16H,12-13H2,1-2H3,(H2,26,32)(H2,27,29)(H,28,33). The lowest BCUT2D eigenvalue weighted by molar-refractivity contribution is -0.118. The summed E-state index contributed by atoms with van der Waals surface area (Å²) in [7, 11) is 0. The summed E-state index contributed by atoms with van der Waals surface area (Å²) in [6.45, 7) is 3.71. The van der Waals surface area contributed by atoms with Crippen LogP contribution >= 0.6 is 23.1 Å². The Morgan fingerprint density at radius 2 is 1.83 bits per heavy atom. The second-order valence-corrected chi connectivity index (χ2v) is 9.99. The van der Waals surface area contributed by atoms with E-state index in [-0.39, 0.29) is 17.4 Å². The normalized spacial score (nSPS) is 11.8. The summed E-state index contributed by atoms with van der Waals surface area (Å²) in [5, 5.41) is 13.8. The first-order valence-electron chi connectivity index (χ1n) is 11.0. The summed E-state index contributed by atoms with van der Waals surface area (Å²) in [6, 6.07) is 17.2. The third-order valence-corrected chi connectivity index (χ3v) is 7.40. The lowest BCUT2D eigenvalue weighted by Gasteiger charge is -2.16. The Morgan fingerprint density at radius 3 is 2.51 bits per heavy atom. The highest BCUT2D eigenvalue weighted by Gasteiger charge is 2.25. The largest absolute Gasteiger partial charge is 0.368 e. The Labute approximate surface area is 211 Å². The average Bonchev–Trinajstić information content (AvgIpc) is 3.43. The molecule has 2 heterocycles. The number of aromatic nitrogens is 3. The van der Waals surface area contributed by atoms with Crippen LogP contribution in [0.1, 0.15) is 34.5 Å². The number of hydrogen-bond donors (Lipinski definition) is 3. The molecule has 4 aromatic rings. The molecule has 2 aromatic carbocycles. The third-order valence-electron chi connectivity index (χ3n) is 5.56. The van der Waals surface area contributed by atoms with E-state index in [9.17, 15) is 9.59 Å². The Balaban J connectivity index is 1.50. The number of benzene rings is 2. The summed E-state index contributed by atoms with van der Waals surface area (Å²) in [6.07, 6.45) is 0.845. The first-order valence-corrected chi connectivity index (χ1v) is 12.9. The first-order chi connectivity index (χ1) is 16.8. The molecule has 35 heavy (non-hydrogen) atoms. The van der Waals surface area contributed by atoms with Crippen LogP contribution in [0.4, 0.5) is 10.9 Å². The second kappa shape index (κ2) is 10.7. The van der Waals surface area contributed by atoms with Crippen LogP contribution in [-0.2, 0) is 11.2 Å². The number of carbonyl (C=O) groups excluding carboxylic acids is 2. The number of hydrogen-bond acceptors (Lipinski definition) is 7. The van der Waals surface area contributed by atoms with E-state index in [4.69, 9.17) is 11.5 Å². The van der Waals surface area contributed by atoms with Crippen molar-refractivity contribution in [3.05, 3.63) is 76.7 Å². The van der Waals surface area contributed by atoms with Gasteiger partial charge in [-0.05, 0) is 31.4 Å². The molecule has 0 saturated heterocycles. The van der Waals surface area contributed by atoms with E-state index in [1.165, 1.54) is 28.7 Å². The molecule has 0 aliphatic heterocycles. The summed E-state index contributed by atoms with van der Waals surface area (Å²) < 4.78 is 1.60. The number of carbonyl (C=O) groups is 2. The van der Waals surface area contributed by atoms with Crippen molar-refractivity contribution in [1.29, 1.82) is 0 Å². The summed E-state index contributed by atoms with van der Waals surface area (Å²) >= 11 is 2.74. The van der Waals surface area contributed by atoms with Crippen LogP contribution in [-0.4, -0.2) is 32.3 Å². The van der Waals surface area contributed by atoms with Crippen molar-refractivity contribution in [3.63, 3.8) is 0 Å². The van der Waals surface area contributed by atoms with E-state index in [0.717, 1.165) is 23.3 Å². The summed E-state index contributed by atoms with van der Waals surface area (Å²) in [5.74, 6) is -0.0453. The van der Waals surface area contributed by atoms with Gasteiger partial charge in [-0.25, -0.2) is 0 Å². The van der Waals surface area contributed by atoms with E-state index < -0.39 is 11.9 Å². The predicted octanol–water partition coefficient (Wildman–Crippen LogP) is 4.53. The highest BCUT2D eigenvalue weighted by Crippen LogP contribution is 2.36. The van der Waals surface area contributed by atoms with Gasteiger partial charge in [0.25, 0.3) is 5.91 Å². The quantitative estimate of drug-likeness (QED) is 0.286. The number of nitrogens with one attached hydrogen (secondary N) is 1. The number of thiophene rings is 1. The van der Waals surface area contributed by atoms with Crippen LogP contribution in [0.2, 0.25) is 0 Å². The molecule has 0 bridgehead atoms. The maximum Gasteiger partial charge on any atom is 0.252 e. The molecular weight excluding hydrogens is 480 g/mol. The molecule has 0 radical (unpaired) electrons. The fourth-order valence-corrected chi connectivity index (χ4v) is 5.62. The fraction of sp³-hybridized carbons (Fsp3) is 0.200. The SMILES string of the molecule is Cc1ccc(-c2csc(NC(=O)C(C)n3c(N)nnc3SCCc3ccccc3)c2C(N)=O)cc1. The van der Waals surface area contributed by atoms with E-state index in [0.29, 0.717) is 15.7 Å². The number of primary amides is 1. The minimum absolute atomic E-state index is 0.150. The smallest absolute Gasteiger partial charge is 0.252 e. The average molecular weight is 507 g/mol. The Morgan fingerprint density at radius 1 is 1.11 bits per heavy atom. The highest BCUT2D eigenvalue weighted by atomic mass is 32.2. The molecule has 10 heteroatoms. The molecule has 1 atom stereocenters. The van der Waals surface area contributed by atoms with Crippen LogP contribution in [0.15, 0.2) is 65.1 Å². The molecule has 0 spiro atoms. The highest BCUT2D eigenvalue weighted by molar-refractivity contribution is 7.99. The van der Waals surface area contributed by atoms with Gasteiger partial charge in [-0.15, -0.1) is 21.5 Å². The zero-order valence-corrected chi connectivity index (χ0v) is 21.0. The zero-order valence-electron chi connectivity index (χ0n) is 19.4. The minimum Gasteiger partial charge on any atom is -0.368 e. The molecule has 5 N–H and O–H groups in total. The Bertz CT molecular complexity index is 1330. The van der Waals surface area contributed by atoms with Crippen molar-refractivity contribution in [1.82, 2.24) is 14.8 Å². The number of nitrogens with zero attached hydrogens (tertiary/aromatic N) is 3. The number of nitrogens with two attached hydrogens (primary N) is 2. The number of thioether (sulfide) groups is 1. The molecule has 0 fully saturated rings. The van der Waals surface area contributed by atoms with Crippen LogP contribution in [0, 0.1) is 6.92 Å². The molecule has 1 unspecified atom stereocenters. The third kappa shape index (κ3) is 5.55. The topological polar surface area (TPSA) is 129 Å². The van der Waals surface area contributed by atoms with Gasteiger partial charge in [-0.2, -0.15) is 0 Å². The number of aryl methyl sites for hydroxylation is 2. The van der Waals surface area contributed by atoms with Gasteiger partial charge >= 0.3 is 0 Å². The molecule has 0 aliphatic carbocycles. The van der Waals surface area contributed by atoms with Gasteiger partial charge < -0.3 is 16.8 Å². The minimum atomic E-state index is -0.699. The van der Waals surface area contributed by atoms with Crippen LogP contribution in [0.5, 0.6) is 0 Å². The van der Waals surface area contributed by atoms with Gasteiger partial charge in [-0.1, -0.05) is 71.9 Å². The number of anilines is 2. The molecule has 180 valence electrons. The predicted molar refractivity (Wildman–Crippen MR) is 142 cm³/mol. The maximum atomic E-state index is 13.2. The van der Waals surface area contributed by atoms with Gasteiger partial charge in [0.1, 0.15) is 11.0 Å². The number of rotatable bonds is 9. The summed E-state index contributed by atoms with van der Waals surface area (Å²) in [5.41, 5.74) is 15.9. The van der Waals surface area contributed by atoms with Crippen molar-refractivity contribution >= 4 is 45.9 Å². The van der Waals surface area contributed by atoms with Crippen molar-refractivity contribution in [2.45, 2.75) is 31.5 Å². The van der Waals surface area contributed by atoms with Gasteiger partial charge in [0.05, 0.1) is 5.56 Å². The Hall–Kier alpha value is -3.63. The van der Waals surface area contributed by atoms with Crippen molar-refractivity contribution in [2.75, 3.05) is 16.8 Å². The lowest BCUT2D eigenvalue weighted by atomic mass is 10.0. The molecule has 4 rings (SSSR count). The molecule has 0 aliphatic rings. The monoisotopic (exact) mass is 506 g/mol. The lowest BCUT2D eigenvalue weighted by Crippen LogP contribution is -2.26. The number of amides is 2. The summed E-state index contributed by atoms with van der Waals surface area (Å²) in [4.78, 5) is 25.5. The molecular formula is C25H26N6O2S2. The van der Waals surface area contributed by atoms with Crippen molar-refractivity contribution in [2.24, 2.45) is 5.73 Å². The van der Waals surface area contributed by atoms with Gasteiger partial charge in [0.15, 0.2) is 5.16 Å². The molecule has 0 saturated carbocycles. The molecule has 8 nitrogen and oxygen atoms in total. The first kappa shape index (κ1) is 24.5. The van der Waals surface area contributed by atoms with E-state index in [1.807, 2.05) is 54.8 Å². The molecule has 2 amide bonds. The van der Waals surface area contributed by atoms with Gasteiger partial charge in [0.2, 0.25) is 11.9 Å². The van der Waals surface area contributed by atoms with Gasteiger partial charge in [-0.3, -0.25) is 14.2 Å². The van der Waals surface area contributed by atoms with Crippen molar-refractivity contribution in [3.8, 4) is 11.1 Å². The van der Waals surface area contributed by atoms with Gasteiger partial charge in [0, 0.05) is 16.7 Å². The van der Waals surface area contributed by atoms with E-state index in [1.54, 1.807) is 11.5 Å². The zero-order chi connectivity index (χ0) is 24.9. The molecule has 2 aromatic heterocycles. The Kier molecular flexibility index (Phi) is 7.52. The van der Waals surface area contributed by atoms with Crippen molar-refractivity contribution < 1.29 is 9.59 Å². The number of nitrogen functional groups attached to an aromatic ring is 1. The van der Waals surface area contributed by atoms with E-state index in [2.05, 4.69) is 27.6 Å².